The number of sulfonamides is 1. The van der Waals surface area contributed by atoms with Crippen molar-refractivity contribution in [1.82, 2.24) is 0 Å². The molecular formula is C15H15ClN2O6S. The molecule has 1 N–H and O–H groups in total. The van der Waals surface area contributed by atoms with Crippen LogP contribution in [0.25, 0.3) is 0 Å². The van der Waals surface area contributed by atoms with Gasteiger partial charge in [-0.1, -0.05) is 11.6 Å². The topological polar surface area (TPSA) is 108 Å². The van der Waals surface area contributed by atoms with Crippen LogP contribution in [0.4, 0.5) is 11.4 Å². The third kappa shape index (κ3) is 3.94. The Bertz CT molecular complexity index is 930. The van der Waals surface area contributed by atoms with Crippen LogP contribution >= 0.6 is 11.6 Å². The highest BCUT2D eigenvalue weighted by Crippen LogP contribution is 2.34. The number of hydrogen-bond acceptors (Lipinski definition) is 6. The van der Waals surface area contributed by atoms with Crippen molar-refractivity contribution in [2.24, 2.45) is 0 Å². The van der Waals surface area contributed by atoms with E-state index < -0.39 is 25.5 Å². The SMILES string of the molecule is COc1ccc(S(=O)(=O)Nc2cc(C)c(Cl)cc2OC)c([N+](=O)[O-])c1. The molecule has 2 aromatic rings. The zero-order chi connectivity index (χ0) is 18.8. The molecule has 0 aromatic heterocycles. The van der Waals surface area contributed by atoms with Crippen molar-refractivity contribution in [2.45, 2.75) is 11.8 Å². The van der Waals surface area contributed by atoms with E-state index in [-0.39, 0.29) is 17.2 Å². The molecule has 0 saturated heterocycles. The third-order valence-electron chi connectivity index (χ3n) is 3.38. The second-order valence-electron chi connectivity index (χ2n) is 5.00. The Hall–Kier alpha value is -2.52. The maximum absolute atomic E-state index is 12.6. The second-order valence-corrected chi connectivity index (χ2v) is 7.06. The lowest BCUT2D eigenvalue weighted by atomic mass is 10.2. The van der Waals surface area contributed by atoms with Crippen molar-refractivity contribution >= 4 is 33.0 Å². The van der Waals surface area contributed by atoms with Crippen molar-refractivity contribution in [3.8, 4) is 11.5 Å². The summed E-state index contributed by atoms with van der Waals surface area (Å²) in [6.45, 7) is 1.69. The molecule has 2 rings (SSSR count). The lowest BCUT2D eigenvalue weighted by Crippen LogP contribution is -2.15. The van der Waals surface area contributed by atoms with Crippen LogP contribution in [0, 0.1) is 17.0 Å². The van der Waals surface area contributed by atoms with Crippen molar-refractivity contribution < 1.29 is 22.8 Å². The zero-order valence-corrected chi connectivity index (χ0v) is 15.1. The maximum Gasteiger partial charge on any atom is 0.293 e. The molecule has 0 unspecified atom stereocenters. The average Bonchev–Trinajstić information content (AvgIpc) is 2.56. The van der Waals surface area contributed by atoms with Gasteiger partial charge < -0.3 is 9.47 Å². The highest BCUT2D eigenvalue weighted by molar-refractivity contribution is 7.92. The summed E-state index contributed by atoms with van der Waals surface area (Å²) < 4.78 is 37.6. The number of nitrogens with one attached hydrogen (secondary N) is 1. The van der Waals surface area contributed by atoms with E-state index in [4.69, 9.17) is 21.1 Å². The lowest BCUT2D eigenvalue weighted by Gasteiger charge is -2.14. The molecule has 0 heterocycles. The minimum Gasteiger partial charge on any atom is -0.497 e. The molecule has 0 aliphatic carbocycles. The molecule has 0 aliphatic rings. The van der Waals surface area contributed by atoms with Gasteiger partial charge in [0.2, 0.25) is 0 Å². The largest absolute Gasteiger partial charge is 0.497 e. The van der Waals surface area contributed by atoms with Crippen LogP contribution in [0.5, 0.6) is 11.5 Å². The van der Waals surface area contributed by atoms with E-state index in [0.29, 0.717) is 10.6 Å². The van der Waals surface area contributed by atoms with Gasteiger partial charge in [-0.2, -0.15) is 0 Å². The van der Waals surface area contributed by atoms with E-state index in [1.807, 2.05) is 0 Å². The summed E-state index contributed by atoms with van der Waals surface area (Å²) in [6.07, 6.45) is 0. The number of anilines is 1. The van der Waals surface area contributed by atoms with Crippen LogP contribution in [-0.2, 0) is 10.0 Å². The summed E-state index contributed by atoms with van der Waals surface area (Å²) in [7, 11) is -1.56. The predicted molar refractivity (Wildman–Crippen MR) is 93.2 cm³/mol. The fraction of sp³-hybridized carbons (Fsp3) is 0.200. The van der Waals surface area contributed by atoms with Crippen LogP contribution in [0.2, 0.25) is 5.02 Å². The predicted octanol–water partition coefficient (Wildman–Crippen LogP) is 3.37. The van der Waals surface area contributed by atoms with Gasteiger partial charge in [0.25, 0.3) is 15.7 Å². The minimum absolute atomic E-state index is 0.120. The number of nitrogens with zero attached hydrogens (tertiary/aromatic N) is 1. The fourth-order valence-electron chi connectivity index (χ4n) is 2.11. The molecule has 0 amide bonds. The normalized spacial score (nSPS) is 11.0. The van der Waals surface area contributed by atoms with Gasteiger partial charge in [0.15, 0.2) is 4.90 Å². The highest BCUT2D eigenvalue weighted by Gasteiger charge is 2.27. The lowest BCUT2D eigenvalue weighted by molar-refractivity contribution is -0.387. The number of nitro benzene ring substituents is 1. The number of aryl methyl sites for hydroxylation is 1. The minimum atomic E-state index is -4.25. The number of methoxy groups -OCH3 is 2. The number of halogens is 1. The Morgan fingerprint density at radius 3 is 2.40 bits per heavy atom. The zero-order valence-electron chi connectivity index (χ0n) is 13.6. The molecule has 0 saturated carbocycles. The molecule has 2 aromatic carbocycles. The van der Waals surface area contributed by atoms with Gasteiger partial charge in [-0.3, -0.25) is 14.8 Å². The number of nitro groups is 1. The van der Waals surface area contributed by atoms with Crippen molar-refractivity contribution in [3.63, 3.8) is 0 Å². The van der Waals surface area contributed by atoms with Crippen LogP contribution < -0.4 is 14.2 Å². The van der Waals surface area contributed by atoms with E-state index in [1.54, 1.807) is 6.92 Å². The van der Waals surface area contributed by atoms with E-state index in [0.717, 1.165) is 12.1 Å². The molecule has 0 bridgehead atoms. The molecule has 10 heteroatoms. The Balaban J connectivity index is 2.54. The Morgan fingerprint density at radius 2 is 1.84 bits per heavy atom. The average molecular weight is 387 g/mol. The van der Waals surface area contributed by atoms with Gasteiger partial charge in [-0.05, 0) is 30.7 Å². The quantitative estimate of drug-likeness (QED) is 0.602. The molecule has 25 heavy (non-hydrogen) atoms. The molecule has 0 spiro atoms. The van der Waals surface area contributed by atoms with Gasteiger partial charge in [0, 0.05) is 11.1 Å². The summed E-state index contributed by atoms with van der Waals surface area (Å²) in [6, 6.07) is 6.41. The van der Waals surface area contributed by atoms with Crippen LogP contribution in [0.15, 0.2) is 35.2 Å². The van der Waals surface area contributed by atoms with Crippen LogP contribution in [0.3, 0.4) is 0 Å². The third-order valence-corrected chi connectivity index (χ3v) is 5.20. The first kappa shape index (κ1) is 18.8. The first-order valence-electron chi connectivity index (χ1n) is 6.89. The van der Waals surface area contributed by atoms with Gasteiger partial charge in [-0.25, -0.2) is 8.42 Å². The maximum atomic E-state index is 12.6. The Labute approximate surface area is 149 Å². The smallest absolute Gasteiger partial charge is 0.293 e. The van der Waals surface area contributed by atoms with Crippen molar-refractivity contribution in [2.75, 3.05) is 18.9 Å². The fourth-order valence-corrected chi connectivity index (χ4v) is 3.47. The van der Waals surface area contributed by atoms with Gasteiger partial charge in [-0.15, -0.1) is 0 Å². The molecule has 134 valence electrons. The monoisotopic (exact) mass is 386 g/mol. The molecule has 0 fully saturated rings. The van der Waals surface area contributed by atoms with Gasteiger partial charge >= 0.3 is 0 Å². The molecular weight excluding hydrogens is 372 g/mol. The summed E-state index contributed by atoms with van der Waals surface area (Å²) in [5.74, 6) is 0.362. The van der Waals surface area contributed by atoms with Gasteiger partial charge in [0.05, 0.1) is 30.9 Å². The van der Waals surface area contributed by atoms with E-state index >= 15 is 0 Å². The summed E-state index contributed by atoms with van der Waals surface area (Å²) >= 11 is 5.99. The molecule has 0 atom stereocenters. The molecule has 8 nitrogen and oxygen atoms in total. The van der Waals surface area contributed by atoms with Gasteiger partial charge in [0.1, 0.15) is 11.5 Å². The van der Waals surface area contributed by atoms with E-state index in [2.05, 4.69) is 4.72 Å². The standard InChI is InChI=1S/C15H15ClN2O6S/c1-9-6-12(14(24-3)8-11(9)16)17-25(21,22)15-5-4-10(23-2)7-13(15)18(19)20/h4-8,17H,1-3H3. The number of hydrogen-bond donors (Lipinski definition) is 1. The number of rotatable bonds is 6. The van der Waals surface area contributed by atoms with Crippen LogP contribution in [0.1, 0.15) is 5.56 Å². The number of benzene rings is 2. The van der Waals surface area contributed by atoms with E-state index in [1.165, 1.54) is 32.4 Å². The van der Waals surface area contributed by atoms with E-state index in [9.17, 15) is 18.5 Å². The molecule has 0 radical (unpaired) electrons. The summed E-state index contributed by atoms with van der Waals surface area (Å²) in [5.41, 5.74) is 0.135. The molecule has 0 aliphatic heterocycles. The highest BCUT2D eigenvalue weighted by atomic mass is 35.5. The van der Waals surface area contributed by atoms with Crippen molar-refractivity contribution in [1.29, 1.82) is 0 Å². The number of ether oxygens (including phenoxy) is 2. The second kappa shape index (κ2) is 7.16. The Kier molecular flexibility index (Phi) is 5.39. The first-order chi connectivity index (χ1) is 11.7. The summed E-state index contributed by atoms with van der Waals surface area (Å²) in [5, 5.41) is 11.6. The van der Waals surface area contributed by atoms with Crippen LogP contribution in [-0.4, -0.2) is 27.6 Å². The van der Waals surface area contributed by atoms with Crippen molar-refractivity contribution in [3.05, 3.63) is 51.0 Å². The first-order valence-corrected chi connectivity index (χ1v) is 8.75. The summed E-state index contributed by atoms with van der Waals surface area (Å²) in [4.78, 5) is 9.94. The Morgan fingerprint density at radius 1 is 1.16 bits per heavy atom.